The molecule has 158 valence electrons. The maximum Gasteiger partial charge on any atom is 0.419 e. The quantitative estimate of drug-likeness (QED) is 0.744. The van der Waals surface area contributed by atoms with Crippen LogP contribution in [-0.2, 0) is 14.2 Å². The van der Waals surface area contributed by atoms with Crippen molar-refractivity contribution in [3.63, 3.8) is 0 Å². The Balaban J connectivity index is 2.13. The third-order valence-corrected chi connectivity index (χ3v) is 5.71. The van der Waals surface area contributed by atoms with Crippen LogP contribution in [0.1, 0.15) is 38.1 Å². The number of ether oxygens (including phenoxy) is 3. The Labute approximate surface area is 172 Å². The average molecular weight is 424 g/mol. The normalized spacial score (nSPS) is 27.5. The molecule has 1 amide bonds. The summed E-state index contributed by atoms with van der Waals surface area (Å²) in [5, 5.41) is 19.5. The number of nitriles is 1. The van der Waals surface area contributed by atoms with E-state index in [2.05, 4.69) is 0 Å². The number of nitrogens with two attached hydrogens (primary N) is 1. The van der Waals surface area contributed by atoms with Gasteiger partial charge in [0.05, 0.1) is 24.4 Å². The Morgan fingerprint density at radius 1 is 1.41 bits per heavy atom. The largest absolute Gasteiger partial charge is 0.465 e. The maximum atomic E-state index is 12.3. The Bertz CT molecular complexity index is 863. The van der Waals surface area contributed by atoms with Crippen LogP contribution in [0.2, 0.25) is 0 Å². The van der Waals surface area contributed by atoms with Gasteiger partial charge in [-0.25, -0.2) is 14.2 Å². The Kier molecular flexibility index (Phi) is 5.71. The highest BCUT2D eigenvalue weighted by Gasteiger charge is 2.60. The summed E-state index contributed by atoms with van der Waals surface area (Å²) in [5.41, 5.74) is 6.42. The van der Waals surface area contributed by atoms with Crippen molar-refractivity contribution in [2.24, 2.45) is 0 Å². The molecule has 29 heavy (non-hydrogen) atoms. The Morgan fingerprint density at radius 3 is 2.62 bits per heavy atom. The number of nitrogens with zero attached hydrogens (tertiary/aromatic N) is 3. The lowest BCUT2D eigenvalue weighted by molar-refractivity contribution is -0.164. The van der Waals surface area contributed by atoms with E-state index >= 15 is 0 Å². The molecule has 10 nitrogen and oxygen atoms in total. The molecule has 0 aromatic carbocycles. The van der Waals surface area contributed by atoms with Crippen LogP contribution >= 0.6 is 11.8 Å². The van der Waals surface area contributed by atoms with Gasteiger partial charge in [0.25, 0.3) is 0 Å². The van der Waals surface area contributed by atoms with Gasteiger partial charge in [-0.2, -0.15) is 17.0 Å². The molecule has 1 aromatic rings. The maximum absolute atomic E-state index is 12.3. The van der Waals surface area contributed by atoms with Crippen LogP contribution in [0.5, 0.6) is 0 Å². The Hall–Kier alpha value is -2.42. The monoisotopic (exact) mass is 424 g/mol. The van der Waals surface area contributed by atoms with Crippen LogP contribution in [0, 0.1) is 11.3 Å². The molecule has 1 aromatic heterocycles. The number of carbonyl (C=O) groups is 2. The molecule has 4 atom stereocenters. The van der Waals surface area contributed by atoms with E-state index < -0.39 is 42.3 Å². The molecule has 0 bridgehead atoms. The van der Waals surface area contributed by atoms with E-state index in [0.29, 0.717) is 11.3 Å². The van der Waals surface area contributed by atoms with Crippen LogP contribution in [-0.4, -0.2) is 69.4 Å². The highest BCUT2D eigenvalue weighted by molar-refractivity contribution is 7.98. The average Bonchev–Trinajstić information content (AvgIpc) is 3.22. The zero-order chi connectivity index (χ0) is 21.5. The predicted molar refractivity (Wildman–Crippen MR) is 105 cm³/mol. The van der Waals surface area contributed by atoms with Gasteiger partial charge in [-0.05, 0) is 27.0 Å². The number of carbonyl (C=O) groups excluding carboxylic acids is 1. The van der Waals surface area contributed by atoms with E-state index in [1.807, 2.05) is 12.3 Å². The minimum Gasteiger partial charge on any atom is -0.465 e. The number of fused-ring (bicyclic) bond motifs is 1. The fourth-order valence-corrected chi connectivity index (χ4v) is 4.73. The van der Waals surface area contributed by atoms with Crippen LogP contribution < -0.4 is 5.73 Å². The third-order valence-electron chi connectivity index (χ3n) is 5.03. The number of hydrogen-bond acceptors (Lipinski definition) is 8. The van der Waals surface area contributed by atoms with Crippen molar-refractivity contribution in [3.05, 3.63) is 17.5 Å². The van der Waals surface area contributed by atoms with Gasteiger partial charge >= 0.3 is 12.2 Å². The molecule has 0 spiro atoms. The van der Waals surface area contributed by atoms with Crippen molar-refractivity contribution in [1.29, 1.82) is 5.26 Å². The van der Waals surface area contributed by atoms with Crippen molar-refractivity contribution in [1.82, 2.24) is 9.47 Å². The van der Waals surface area contributed by atoms with Crippen molar-refractivity contribution >= 4 is 29.6 Å². The van der Waals surface area contributed by atoms with E-state index in [1.165, 1.54) is 22.9 Å². The van der Waals surface area contributed by atoms with Gasteiger partial charge < -0.3 is 25.1 Å². The molecule has 2 fully saturated rings. The standard InChI is InChI=1S/C18H24N4O6S/c1-5-26-17(25)21-7-9(12(20)10(21)6-19)13-15-14(27-18(2,3)28-15)11(8-29-4)22(13)16(23)24/h7,11,13-15H,5,8,20H2,1-4H3,(H,23,24). The van der Waals surface area contributed by atoms with E-state index in [9.17, 15) is 20.0 Å². The van der Waals surface area contributed by atoms with E-state index in [-0.39, 0.29) is 18.0 Å². The molecular formula is C18H24N4O6S. The molecule has 4 unspecified atom stereocenters. The van der Waals surface area contributed by atoms with Crippen molar-refractivity contribution < 1.29 is 28.9 Å². The number of anilines is 1. The minimum atomic E-state index is -1.16. The van der Waals surface area contributed by atoms with Gasteiger partial charge in [0.2, 0.25) is 0 Å². The van der Waals surface area contributed by atoms with Crippen LogP contribution in [0.4, 0.5) is 15.3 Å². The number of likely N-dealkylation sites (tertiary alicyclic amines) is 1. The number of rotatable bonds is 4. The lowest BCUT2D eigenvalue weighted by atomic mass is 10.0. The fourth-order valence-electron chi connectivity index (χ4n) is 4.04. The van der Waals surface area contributed by atoms with E-state index in [1.54, 1.807) is 20.8 Å². The number of amides is 1. The summed E-state index contributed by atoms with van der Waals surface area (Å²) in [6.07, 6.45) is 0.181. The van der Waals surface area contributed by atoms with E-state index in [4.69, 9.17) is 19.9 Å². The lowest BCUT2D eigenvalue weighted by Crippen LogP contribution is -2.44. The number of hydrogen-bond donors (Lipinski definition) is 2. The van der Waals surface area contributed by atoms with Crippen molar-refractivity contribution in [2.45, 2.75) is 50.8 Å². The first-order chi connectivity index (χ1) is 13.7. The lowest BCUT2D eigenvalue weighted by Gasteiger charge is -2.32. The van der Waals surface area contributed by atoms with E-state index in [0.717, 1.165) is 4.57 Å². The highest BCUT2D eigenvalue weighted by Crippen LogP contribution is 2.49. The molecule has 2 saturated heterocycles. The highest BCUT2D eigenvalue weighted by atomic mass is 32.2. The molecule has 3 N–H and O–H groups in total. The SMILES string of the molecule is CCOC(=O)n1cc(C2C3OC(C)(C)OC3C(CSC)N2C(=O)O)c(N)c1C#N. The molecule has 0 saturated carbocycles. The summed E-state index contributed by atoms with van der Waals surface area (Å²) in [7, 11) is 0. The topological polar surface area (TPSA) is 140 Å². The smallest absolute Gasteiger partial charge is 0.419 e. The fraction of sp³-hybridized carbons (Fsp3) is 0.611. The summed E-state index contributed by atoms with van der Waals surface area (Å²) in [6, 6.07) is 0.588. The molecule has 11 heteroatoms. The van der Waals surface area contributed by atoms with Crippen LogP contribution in [0.15, 0.2) is 6.20 Å². The zero-order valence-electron chi connectivity index (χ0n) is 16.6. The predicted octanol–water partition coefficient (Wildman–Crippen LogP) is 2.23. The molecule has 3 rings (SSSR count). The van der Waals surface area contributed by atoms with Gasteiger partial charge in [-0.3, -0.25) is 4.90 Å². The zero-order valence-corrected chi connectivity index (χ0v) is 17.4. The second-order valence-corrected chi connectivity index (χ2v) is 8.16. The summed E-state index contributed by atoms with van der Waals surface area (Å²) in [5.74, 6) is -0.404. The summed E-state index contributed by atoms with van der Waals surface area (Å²) in [4.78, 5) is 25.7. The summed E-state index contributed by atoms with van der Waals surface area (Å²) >= 11 is 1.49. The summed E-state index contributed by atoms with van der Waals surface area (Å²) in [6.45, 7) is 5.28. The second kappa shape index (κ2) is 7.78. The van der Waals surface area contributed by atoms with Crippen LogP contribution in [0.3, 0.4) is 0 Å². The van der Waals surface area contributed by atoms with Gasteiger partial charge in [0.15, 0.2) is 11.5 Å². The molecular weight excluding hydrogens is 400 g/mol. The number of carboxylic acid groups (broad SMARTS) is 1. The minimum absolute atomic E-state index is 0.0219. The number of thioether (sulfide) groups is 1. The molecule has 3 heterocycles. The molecule has 2 aliphatic heterocycles. The third kappa shape index (κ3) is 3.52. The van der Waals surface area contributed by atoms with Crippen molar-refractivity contribution in [2.75, 3.05) is 24.3 Å². The van der Waals surface area contributed by atoms with Gasteiger partial charge in [-0.15, -0.1) is 0 Å². The van der Waals surface area contributed by atoms with Gasteiger partial charge in [0.1, 0.15) is 18.3 Å². The van der Waals surface area contributed by atoms with Crippen molar-refractivity contribution in [3.8, 4) is 6.07 Å². The first-order valence-corrected chi connectivity index (χ1v) is 10.5. The molecule has 2 aliphatic rings. The number of aromatic nitrogens is 1. The van der Waals surface area contributed by atoms with Crippen LogP contribution in [0.25, 0.3) is 0 Å². The van der Waals surface area contributed by atoms with Gasteiger partial charge in [-0.1, -0.05) is 0 Å². The molecule has 0 radical (unpaired) electrons. The first kappa shape index (κ1) is 21.3. The summed E-state index contributed by atoms with van der Waals surface area (Å²) < 4.78 is 18.0. The molecule has 0 aliphatic carbocycles. The number of nitrogen functional groups attached to an aromatic ring is 1. The second-order valence-electron chi connectivity index (χ2n) is 7.25. The first-order valence-electron chi connectivity index (χ1n) is 9.10. The Morgan fingerprint density at radius 2 is 2.07 bits per heavy atom. The van der Waals surface area contributed by atoms with Gasteiger partial charge in [0, 0.05) is 17.5 Å².